The lowest BCUT2D eigenvalue weighted by Gasteiger charge is -2.13. The van der Waals surface area contributed by atoms with Crippen molar-refractivity contribution in [1.82, 2.24) is 10.3 Å². The zero-order valence-electron chi connectivity index (χ0n) is 9.58. The monoisotopic (exact) mass is 209 g/mol. The van der Waals surface area contributed by atoms with E-state index in [2.05, 4.69) is 22.5 Å². The second-order valence-corrected chi connectivity index (χ2v) is 3.63. The Labute approximate surface area is 91.1 Å². The summed E-state index contributed by atoms with van der Waals surface area (Å²) in [6.45, 7) is 4.14. The quantitative estimate of drug-likeness (QED) is 0.742. The summed E-state index contributed by atoms with van der Waals surface area (Å²) in [5, 5.41) is 6.49. The molecule has 0 radical (unpaired) electrons. The van der Waals surface area contributed by atoms with Crippen molar-refractivity contribution >= 4 is 5.69 Å². The van der Waals surface area contributed by atoms with Crippen molar-refractivity contribution in [2.45, 2.75) is 6.92 Å². The lowest BCUT2D eigenvalue weighted by atomic mass is 10.2. The van der Waals surface area contributed by atoms with Gasteiger partial charge in [0, 0.05) is 24.5 Å². The highest BCUT2D eigenvalue weighted by Crippen LogP contribution is 2.13. The summed E-state index contributed by atoms with van der Waals surface area (Å²) in [6, 6.07) is 3.83. The van der Waals surface area contributed by atoms with E-state index in [0.717, 1.165) is 18.8 Å². The fourth-order valence-electron chi connectivity index (χ4n) is 1.34. The minimum absolute atomic E-state index is 0.592. The highest BCUT2D eigenvalue weighted by atomic mass is 16.5. The first-order valence-electron chi connectivity index (χ1n) is 5.14. The maximum atomic E-state index is 5.05. The molecule has 1 aromatic heterocycles. The van der Waals surface area contributed by atoms with Gasteiger partial charge in [0.15, 0.2) is 0 Å². The van der Waals surface area contributed by atoms with E-state index in [1.165, 1.54) is 0 Å². The van der Waals surface area contributed by atoms with Gasteiger partial charge in [-0.15, -0.1) is 0 Å². The first kappa shape index (κ1) is 11.8. The van der Waals surface area contributed by atoms with Gasteiger partial charge in [0.05, 0.1) is 7.11 Å². The van der Waals surface area contributed by atoms with E-state index >= 15 is 0 Å². The number of nitrogens with one attached hydrogen (secondary N) is 2. The van der Waals surface area contributed by atoms with Crippen LogP contribution in [0.3, 0.4) is 0 Å². The minimum atomic E-state index is 0.592. The Bertz CT molecular complexity index is 291. The van der Waals surface area contributed by atoms with Crippen LogP contribution in [0, 0.1) is 5.92 Å². The Morgan fingerprint density at radius 3 is 2.93 bits per heavy atom. The van der Waals surface area contributed by atoms with Crippen LogP contribution in [-0.4, -0.2) is 32.2 Å². The van der Waals surface area contributed by atoms with Gasteiger partial charge >= 0.3 is 0 Å². The minimum Gasteiger partial charge on any atom is -0.481 e. The van der Waals surface area contributed by atoms with Crippen molar-refractivity contribution in [3.05, 3.63) is 18.3 Å². The number of rotatable bonds is 6. The number of pyridine rings is 1. The van der Waals surface area contributed by atoms with Crippen LogP contribution in [0.5, 0.6) is 5.88 Å². The summed E-state index contributed by atoms with van der Waals surface area (Å²) < 4.78 is 5.05. The summed E-state index contributed by atoms with van der Waals surface area (Å²) in [5.74, 6) is 1.23. The molecule has 0 fully saturated rings. The maximum Gasteiger partial charge on any atom is 0.214 e. The van der Waals surface area contributed by atoms with Gasteiger partial charge in [0.1, 0.15) is 0 Å². The molecule has 0 saturated heterocycles. The topological polar surface area (TPSA) is 46.2 Å². The van der Waals surface area contributed by atoms with Crippen LogP contribution in [0.2, 0.25) is 0 Å². The second-order valence-electron chi connectivity index (χ2n) is 3.63. The van der Waals surface area contributed by atoms with Crippen LogP contribution in [0.25, 0.3) is 0 Å². The van der Waals surface area contributed by atoms with Gasteiger partial charge in [-0.3, -0.25) is 0 Å². The van der Waals surface area contributed by atoms with Crippen LogP contribution in [-0.2, 0) is 0 Å². The number of nitrogens with zero attached hydrogens (tertiary/aromatic N) is 1. The van der Waals surface area contributed by atoms with E-state index in [4.69, 9.17) is 4.74 Å². The van der Waals surface area contributed by atoms with Gasteiger partial charge in [-0.05, 0) is 25.6 Å². The molecule has 1 heterocycles. The zero-order chi connectivity index (χ0) is 11.1. The highest BCUT2D eigenvalue weighted by Gasteiger charge is 2.01. The molecule has 4 heteroatoms. The predicted octanol–water partition coefficient (Wildman–Crippen LogP) is 1.36. The fourth-order valence-corrected chi connectivity index (χ4v) is 1.34. The molecule has 4 nitrogen and oxygen atoms in total. The Morgan fingerprint density at radius 1 is 1.47 bits per heavy atom. The lowest BCUT2D eigenvalue weighted by Crippen LogP contribution is -2.22. The Balaban J connectivity index is 2.43. The van der Waals surface area contributed by atoms with Crippen molar-refractivity contribution in [2.75, 3.05) is 32.6 Å². The molecule has 0 aliphatic heterocycles. The molecule has 2 N–H and O–H groups in total. The summed E-state index contributed by atoms with van der Waals surface area (Å²) >= 11 is 0. The van der Waals surface area contributed by atoms with E-state index in [-0.39, 0.29) is 0 Å². The van der Waals surface area contributed by atoms with Gasteiger partial charge in [0.2, 0.25) is 5.88 Å². The Kier molecular flexibility index (Phi) is 4.90. The molecule has 0 amide bonds. The van der Waals surface area contributed by atoms with Crippen LogP contribution >= 0.6 is 0 Å². The van der Waals surface area contributed by atoms with Crippen LogP contribution in [0.15, 0.2) is 18.3 Å². The van der Waals surface area contributed by atoms with Gasteiger partial charge in [-0.2, -0.15) is 0 Å². The molecule has 0 spiro atoms. The third-order valence-electron chi connectivity index (χ3n) is 2.15. The average Bonchev–Trinajstić information content (AvgIpc) is 2.27. The first-order chi connectivity index (χ1) is 7.26. The molecule has 1 atom stereocenters. The van der Waals surface area contributed by atoms with E-state index in [1.54, 1.807) is 13.3 Å². The zero-order valence-corrected chi connectivity index (χ0v) is 9.58. The second kappa shape index (κ2) is 6.24. The van der Waals surface area contributed by atoms with Crippen LogP contribution < -0.4 is 15.4 Å². The largest absolute Gasteiger partial charge is 0.481 e. The first-order valence-corrected chi connectivity index (χ1v) is 5.14. The molecule has 15 heavy (non-hydrogen) atoms. The molecule has 1 rings (SSSR count). The van der Waals surface area contributed by atoms with E-state index in [0.29, 0.717) is 11.8 Å². The molecular weight excluding hydrogens is 190 g/mol. The number of ether oxygens (including phenoxy) is 1. The number of hydrogen-bond donors (Lipinski definition) is 2. The van der Waals surface area contributed by atoms with Gasteiger partial charge in [-0.25, -0.2) is 4.98 Å². The lowest BCUT2D eigenvalue weighted by molar-refractivity contribution is 0.398. The number of methoxy groups -OCH3 is 1. The summed E-state index contributed by atoms with van der Waals surface area (Å²) in [5.41, 5.74) is 1.05. The normalized spacial score (nSPS) is 12.2. The molecular formula is C11H19N3O. The number of aromatic nitrogens is 1. The van der Waals surface area contributed by atoms with Crippen LogP contribution in [0.4, 0.5) is 5.69 Å². The smallest absolute Gasteiger partial charge is 0.214 e. The molecule has 0 aromatic carbocycles. The standard InChI is InChI=1S/C11H19N3O/c1-9(7-12-2)8-14-10-4-5-13-11(6-10)15-3/h4-6,9,12H,7-8H2,1-3H3,(H,13,14). The maximum absolute atomic E-state index is 5.05. The average molecular weight is 209 g/mol. The van der Waals surface area contributed by atoms with E-state index < -0.39 is 0 Å². The van der Waals surface area contributed by atoms with E-state index in [9.17, 15) is 0 Å². The van der Waals surface area contributed by atoms with Gasteiger partial charge < -0.3 is 15.4 Å². The van der Waals surface area contributed by atoms with Gasteiger partial charge in [0.25, 0.3) is 0 Å². The molecule has 84 valence electrons. The number of anilines is 1. The highest BCUT2D eigenvalue weighted by molar-refractivity contribution is 5.44. The molecule has 0 aliphatic rings. The third-order valence-corrected chi connectivity index (χ3v) is 2.15. The molecule has 1 aromatic rings. The van der Waals surface area contributed by atoms with Crippen molar-refractivity contribution in [1.29, 1.82) is 0 Å². The molecule has 0 aliphatic carbocycles. The van der Waals surface area contributed by atoms with Crippen molar-refractivity contribution in [3.63, 3.8) is 0 Å². The van der Waals surface area contributed by atoms with Gasteiger partial charge in [-0.1, -0.05) is 6.92 Å². The molecule has 1 unspecified atom stereocenters. The third kappa shape index (κ3) is 4.16. The van der Waals surface area contributed by atoms with Crippen molar-refractivity contribution in [3.8, 4) is 5.88 Å². The summed E-state index contributed by atoms with van der Waals surface area (Å²) in [7, 11) is 3.59. The van der Waals surface area contributed by atoms with Crippen molar-refractivity contribution in [2.24, 2.45) is 5.92 Å². The summed E-state index contributed by atoms with van der Waals surface area (Å²) in [6.07, 6.45) is 1.74. The molecule has 0 bridgehead atoms. The fraction of sp³-hybridized carbons (Fsp3) is 0.545. The SMILES string of the molecule is CNCC(C)CNc1ccnc(OC)c1. The predicted molar refractivity (Wildman–Crippen MR) is 62.4 cm³/mol. The summed E-state index contributed by atoms with van der Waals surface area (Å²) in [4.78, 5) is 4.05. The molecule has 0 saturated carbocycles. The van der Waals surface area contributed by atoms with E-state index in [1.807, 2.05) is 19.2 Å². The van der Waals surface area contributed by atoms with Crippen molar-refractivity contribution < 1.29 is 4.74 Å². The Morgan fingerprint density at radius 2 is 2.27 bits per heavy atom. The van der Waals surface area contributed by atoms with Crippen LogP contribution in [0.1, 0.15) is 6.92 Å². The number of hydrogen-bond acceptors (Lipinski definition) is 4. The Hall–Kier alpha value is -1.29.